The number of para-hydroxylation sites is 1. The molecule has 26 heavy (non-hydrogen) atoms. The first-order valence-corrected chi connectivity index (χ1v) is 9.44. The van der Waals surface area contributed by atoms with E-state index in [9.17, 15) is 4.79 Å². The van der Waals surface area contributed by atoms with E-state index < -0.39 is 0 Å². The average Bonchev–Trinajstić information content (AvgIpc) is 3.18. The molecule has 2 fully saturated rings. The molecule has 4 rings (SSSR count). The molecule has 0 bridgehead atoms. The predicted octanol–water partition coefficient (Wildman–Crippen LogP) is 2.60. The highest BCUT2D eigenvalue weighted by Crippen LogP contribution is 2.29. The molecule has 136 valence electrons. The first-order valence-electron chi connectivity index (χ1n) is 9.06. The van der Waals surface area contributed by atoms with Gasteiger partial charge in [0.05, 0.1) is 0 Å². The number of anilines is 1. The number of nitrogens with zero attached hydrogens (tertiary/aromatic N) is 2. The Hall–Kier alpha value is -2.08. The summed E-state index contributed by atoms with van der Waals surface area (Å²) in [7, 11) is 0. The van der Waals surface area contributed by atoms with Crippen molar-refractivity contribution in [3.05, 3.63) is 65.2 Å². The zero-order valence-electron chi connectivity index (χ0n) is 14.6. The van der Waals surface area contributed by atoms with Crippen LogP contribution >= 0.6 is 11.6 Å². The topological polar surface area (TPSA) is 47.6 Å². The molecule has 0 aliphatic carbocycles. The lowest BCUT2D eigenvalue weighted by molar-refractivity contribution is -0.133. The number of nitrogens with one attached hydrogen (secondary N) is 2. The zero-order valence-corrected chi connectivity index (χ0v) is 15.3. The zero-order chi connectivity index (χ0) is 17.9. The molecule has 0 spiro atoms. The van der Waals surface area contributed by atoms with Crippen molar-refractivity contribution in [3.63, 3.8) is 0 Å². The van der Waals surface area contributed by atoms with Crippen LogP contribution in [0, 0.1) is 0 Å². The molecule has 2 unspecified atom stereocenters. The number of amides is 1. The van der Waals surface area contributed by atoms with Crippen LogP contribution in [-0.4, -0.2) is 43.0 Å². The van der Waals surface area contributed by atoms with Gasteiger partial charge in [-0.15, -0.1) is 0 Å². The molecule has 2 aliphatic rings. The van der Waals surface area contributed by atoms with E-state index in [0.717, 1.165) is 36.8 Å². The summed E-state index contributed by atoms with van der Waals surface area (Å²) in [5, 5.41) is 0.733. The summed E-state index contributed by atoms with van der Waals surface area (Å²) >= 11 is 6.29. The summed E-state index contributed by atoms with van der Waals surface area (Å²) in [6, 6.07) is 18.0. The molecule has 5 nitrogen and oxygen atoms in total. The van der Waals surface area contributed by atoms with Crippen molar-refractivity contribution in [2.45, 2.75) is 18.5 Å². The monoisotopic (exact) mass is 370 g/mol. The minimum Gasteiger partial charge on any atom is -0.368 e. The van der Waals surface area contributed by atoms with Gasteiger partial charge in [0.15, 0.2) is 0 Å². The molecule has 0 radical (unpaired) electrons. The third-order valence-corrected chi connectivity index (χ3v) is 5.54. The third kappa shape index (κ3) is 3.56. The fourth-order valence-corrected chi connectivity index (χ4v) is 3.99. The second kappa shape index (κ2) is 7.66. The Bertz CT molecular complexity index is 761. The highest BCUT2D eigenvalue weighted by Gasteiger charge is 2.34. The van der Waals surface area contributed by atoms with Crippen LogP contribution in [0.2, 0.25) is 5.02 Å². The predicted molar refractivity (Wildman–Crippen MR) is 104 cm³/mol. The fourth-order valence-electron chi connectivity index (χ4n) is 3.72. The third-order valence-electron chi connectivity index (χ3n) is 5.19. The van der Waals surface area contributed by atoms with Crippen molar-refractivity contribution in [2.24, 2.45) is 0 Å². The minimum atomic E-state index is -0.209. The quantitative estimate of drug-likeness (QED) is 0.872. The van der Waals surface area contributed by atoms with Crippen LogP contribution in [0.1, 0.15) is 18.0 Å². The summed E-state index contributed by atoms with van der Waals surface area (Å²) in [5.41, 5.74) is 8.64. The van der Waals surface area contributed by atoms with Crippen molar-refractivity contribution in [1.82, 2.24) is 15.8 Å². The standard InChI is InChI=1S/C20H23ClN4O/c21-17-9-5-4-8-16(17)18-14-19(23-22-18)20(26)25-12-10-24(11-13-25)15-6-2-1-3-7-15/h1-9,18-19,22-23H,10-14H2. The van der Waals surface area contributed by atoms with E-state index in [4.69, 9.17) is 11.6 Å². The maximum absolute atomic E-state index is 12.9. The lowest BCUT2D eigenvalue weighted by Gasteiger charge is -2.37. The number of benzene rings is 2. The van der Waals surface area contributed by atoms with Crippen LogP contribution in [0.5, 0.6) is 0 Å². The van der Waals surface area contributed by atoms with Crippen molar-refractivity contribution < 1.29 is 4.79 Å². The highest BCUT2D eigenvalue weighted by atomic mass is 35.5. The van der Waals surface area contributed by atoms with Gasteiger partial charge >= 0.3 is 0 Å². The van der Waals surface area contributed by atoms with E-state index in [0.29, 0.717) is 6.42 Å². The number of hydrazine groups is 1. The lowest BCUT2D eigenvalue weighted by Crippen LogP contribution is -2.53. The number of hydrogen-bond donors (Lipinski definition) is 2. The van der Waals surface area contributed by atoms with Crippen molar-refractivity contribution in [2.75, 3.05) is 31.1 Å². The molecule has 2 aromatic carbocycles. The van der Waals surface area contributed by atoms with Gasteiger partial charge in [0.25, 0.3) is 0 Å². The van der Waals surface area contributed by atoms with Crippen LogP contribution < -0.4 is 15.8 Å². The van der Waals surface area contributed by atoms with Crippen molar-refractivity contribution in [1.29, 1.82) is 0 Å². The summed E-state index contributed by atoms with van der Waals surface area (Å²) in [6.45, 7) is 3.24. The lowest BCUT2D eigenvalue weighted by atomic mass is 10.0. The molecule has 2 N–H and O–H groups in total. The Morgan fingerprint density at radius 1 is 0.923 bits per heavy atom. The molecule has 2 aromatic rings. The Labute approximate surface area is 158 Å². The first-order chi connectivity index (χ1) is 12.7. The molecular weight excluding hydrogens is 348 g/mol. The highest BCUT2D eigenvalue weighted by molar-refractivity contribution is 6.31. The van der Waals surface area contributed by atoms with Gasteiger partial charge in [-0.1, -0.05) is 48.0 Å². The van der Waals surface area contributed by atoms with Gasteiger partial charge in [-0.2, -0.15) is 0 Å². The Balaban J connectivity index is 1.34. The van der Waals surface area contributed by atoms with E-state index in [-0.39, 0.29) is 18.0 Å². The van der Waals surface area contributed by atoms with E-state index in [1.807, 2.05) is 35.2 Å². The van der Waals surface area contributed by atoms with Crippen molar-refractivity contribution >= 4 is 23.2 Å². The normalized spacial score (nSPS) is 23.3. The van der Waals surface area contributed by atoms with Crippen LogP contribution in [0.4, 0.5) is 5.69 Å². The van der Waals surface area contributed by atoms with E-state index in [2.05, 4.69) is 40.0 Å². The molecule has 2 aliphatic heterocycles. The summed E-state index contributed by atoms with van der Waals surface area (Å²) in [4.78, 5) is 17.2. The van der Waals surface area contributed by atoms with E-state index in [1.165, 1.54) is 5.69 Å². The van der Waals surface area contributed by atoms with Gasteiger partial charge in [-0.3, -0.25) is 4.79 Å². The largest absolute Gasteiger partial charge is 0.368 e. The molecule has 0 saturated carbocycles. The van der Waals surface area contributed by atoms with Crippen LogP contribution in [0.25, 0.3) is 0 Å². The SMILES string of the molecule is O=C(C1CC(c2ccccc2Cl)NN1)N1CCN(c2ccccc2)CC1. The first kappa shape index (κ1) is 17.3. The number of carbonyl (C=O) groups excluding carboxylic acids is 1. The summed E-state index contributed by atoms with van der Waals surface area (Å²) in [5.74, 6) is 0.166. The van der Waals surface area contributed by atoms with Crippen LogP contribution in [0.15, 0.2) is 54.6 Å². The van der Waals surface area contributed by atoms with Gasteiger partial charge in [0, 0.05) is 42.9 Å². The summed E-state index contributed by atoms with van der Waals surface area (Å²) < 4.78 is 0. The Morgan fingerprint density at radius 3 is 2.35 bits per heavy atom. The molecule has 2 saturated heterocycles. The molecule has 2 heterocycles. The second-order valence-electron chi connectivity index (χ2n) is 6.80. The number of hydrogen-bond acceptors (Lipinski definition) is 4. The number of carbonyl (C=O) groups is 1. The fraction of sp³-hybridized carbons (Fsp3) is 0.350. The van der Waals surface area contributed by atoms with Crippen molar-refractivity contribution in [3.8, 4) is 0 Å². The molecule has 6 heteroatoms. The summed E-state index contributed by atoms with van der Waals surface area (Å²) in [6.07, 6.45) is 0.710. The number of piperazine rings is 1. The maximum Gasteiger partial charge on any atom is 0.241 e. The molecule has 2 atom stereocenters. The smallest absolute Gasteiger partial charge is 0.241 e. The minimum absolute atomic E-state index is 0.0586. The van der Waals surface area contributed by atoms with Crippen LogP contribution in [-0.2, 0) is 4.79 Å². The van der Waals surface area contributed by atoms with E-state index in [1.54, 1.807) is 0 Å². The van der Waals surface area contributed by atoms with Gasteiger partial charge < -0.3 is 9.80 Å². The molecular formula is C20H23ClN4O. The average molecular weight is 371 g/mol. The number of rotatable bonds is 3. The Kier molecular flexibility index (Phi) is 5.11. The molecule has 0 aromatic heterocycles. The maximum atomic E-state index is 12.9. The van der Waals surface area contributed by atoms with Gasteiger partial charge in [0.1, 0.15) is 6.04 Å². The van der Waals surface area contributed by atoms with Gasteiger partial charge in [-0.05, 0) is 30.2 Å². The second-order valence-corrected chi connectivity index (χ2v) is 7.21. The van der Waals surface area contributed by atoms with Crippen LogP contribution in [0.3, 0.4) is 0 Å². The number of halogens is 1. The van der Waals surface area contributed by atoms with Gasteiger partial charge in [0.2, 0.25) is 5.91 Å². The Morgan fingerprint density at radius 2 is 1.62 bits per heavy atom. The van der Waals surface area contributed by atoms with Gasteiger partial charge in [-0.25, -0.2) is 10.9 Å². The van der Waals surface area contributed by atoms with E-state index >= 15 is 0 Å². The molecule has 1 amide bonds.